The van der Waals surface area contributed by atoms with Crippen LogP contribution < -0.4 is 12.4 Å². The van der Waals surface area contributed by atoms with E-state index < -0.39 is 0 Å². The van der Waals surface area contributed by atoms with Crippen molar-refractivity contribution in [3.8, 4) is 0 Å². The normalized spacial score (nSPS) is 12.5. The van der Waals surface area contributed by atoms with Crippen LogP contribution in [0.3, 0.4) is 0 Å². The van der Waals surface area contributed by atoms with Gasteiger partial charge in [-0.05, 0) is 0 Å². The lowest BCUT2D eigenvalue weighted by molar-refractivity contribution is -0.872. The Kier molecular flexibility index (Phi) is 5.76. The SMILES string of the molecule is CC(C)(C[N+](C)(C)C)[N-]Cl.[Cl-]. The van der Waals surface area contributed by atoms with Gasteiger partial charge in [0.2, 0.25) is 0 Å². The first-order chi connectivity index (χ1) is 4.27. The zero-order valence-electron chi connectivity index (χ0n) is 7.86. The van der Waals surface area contributed by atoms with Gasteiger partial charge in [-0.2, -0.15) is 0 Å². The number of quaternary nitrogens is 1. The molecule has 0 saturated carbocycles. The second kappa shape index (κ2) is 4.51. The van der Waals surface area contributed by atoms with Gasteiger partial charge in [0, 0.05) is 0 Å². The zero-order valence-corrected chi connectivity index (χ0v) is 9.37. The fourth-order valence-electron chi connectivity index (χ4n) is 1.19. The summed E-state index contributed by atoms with van der Waals surface area (Å²) in [7, 11) is 6.39. The van der Waals surface area contributed by atoms with Crippen LogP contribution in [0.5, 0.6) is 0 Å². The average Bonchev–Trinajstić information content (AvgIpc) is 1.60. The third-order valence-electron chi connectivity index (χ3n) is 1.09. The number of nitrogens with zero attached hydrogens (tertiary/aromatic N) is 2. The van der Waals surface area contributed by atoms with Crippen molar-refractivity contribution < 1.29 is 16.9 Å². The van der Waals surface area contributed by atoms with Crippen LogP contribution in [0.2, 0.25) is 0 Å². The number of likely N-dealkylation sites (N-methyl/N-ethyl adjacent to an activating group) is 1. The fraction of sp³-hybridized carbons (Fsp3) is 1.00. The Bertz CT molecular complexity index is 107. The van der Waals surface area contributed by atoms with Crippen molar-refractivity contribution in [1.82, 2.24) is 0 Å². The molecular formula is C7H17Cl2N2-. The monoisotopic (exact) mass is 199 g/mol. The van der Waals surface area contributed by atoms with Crippen molar-refractivity contribution in [2.75, 3.05) is 27.7 Å². The standard InChI is InChI=1S/C7H17ClN2.ClH/c1-7(2,9-8)6-10(3,4)5;/h6H2,1-5H3;1H/p-1. The van der Waals surface area contributed by atoms with E-state index in [1.165, 1.54) is 0 Å². The molecule has 0 aromatic rings. The molecule has 4 heteroatoms. The van der Waals surface area contributed by atoms with Gasteiger partial charge in [0.25, 0.3) is 0 Å². The summed E-state index contributed by atoms with van der Waals surface area (Å²) in [5, 5.41) is 0. The van der Waals surface area contributed by atoms with E-state index in [0.29, 0.717) is 0 Å². The van der Waals surface area contributed by atoms with E-state index in [1.54, 1.807) is 0 Å². The van der Waals surface area contributed by atoms with Gasteiger partial charge in [-0.15, -0.1) is 0 Å². The molecule has 11 heavy (non-hydrogen) atoms. The smallest absolute Gasteiger partial charge is 0.0676 e. The van der Waals surface area contributed by atoms with Crippen molar-refractivity contribution in [3.63, 3.8) is 0 Å². The van der Waals surface area contributed by atoms with Crippen molar-refractivity contribution in [2.24, 2.45) is 0 Å². The summed E-state index contributed by atoms with van der Waals surface area (Å²) < 4.78 is 0.892. The summed E-state index contributed by atoms with van der Waals surface area (Å²) in [6.45, 7) is 5.02. The minimum absolute atomic E-state index is 0. The first kappa shape index (κ1) is 14.0. The molecule has 0 N–H and O–H groups in total. The van der Waals surface area contributed by atoms with Crippen LogP contribution in [0.1, 0.15) is 13.8 Å². The van der Waals surface area contributed by atoms with E-state index in [1.807, 2.05) is 13.8 Å². The molecule has 0 aliphatic heterocycles. The molecule has 0 aliphatic rings. The van der Waals surface area contributed by atoms with Crippen LogP contribution in [-0.4, -0.2) is 37.7 Å². The fourth-order valence-corrected chi connectivity index (χ4v) is 1.24. The van der Waals surface area contributed by atoms with Gasteiger partial charge in [-0.1, -0.05) is 19.4 Å². The molecule has 70 valence electrons. The van der Waals surface area contributed by atoms with Gasteiger partial charge in [-0.3, -0.25) is 11.8 Å². The van der Waals surface area contributed by atoms with Crippen molar-refractivity contribution in [3.05, 3.63) is 4.84 Å². The van der Waals surface area contributed by atoms with Crippen molar-refractivity contribution >= 4 is 11.8 Å². The maximum Gasteiger partial charge on any atom is 0.0676 e. The molecule has 0 fully saturated rings. The molecule has 0 aromatic heterocycles. The molecule has 0 aromatic carbocycles. The molecule has 0 amide bonds. The summed E-state index contributed by atoms with van der Waals surface area (Å²) in [6, 6.07) is 0. The Labute approximate surface area is 81.0 Å². The molecule has 0 heterocycles. The predicted molar refractivity (Wildman–Crippen MR) is 46.2 cm³/mol. The summed E-state index contributed by atoms with van der Waals surface area (Å²) in [4.78, 5) is 3.76. The summed E-state index contributed by atoms with van der Waals surface area (Å²) in [5.41, 5.74) is -0.111. The lowest BCUT2D eigenvalue weighted by Crippen LogP contribution is -3.00. The van der Waals surface area contributed by atoms with Gasteiger partial charge in [0.15, 0.2) is 0 Å². The highest BCUT2D eigenvalue weighted by Crippen LogP contribution is 2.20. The van der Waals surface area contributed by atoms with Crippen molar-refractivity contribution in [1.29, 1.82) is 0 Å². The van der Waals surface area contributed by atoms with Crippen LogP contribution in [-0.2, 0) is 0 Å². The summed E-state index contributed by atoms with van der Waals surface area (Å²) in [6.07, 6.45) is 0. The topological polar surface area (TPSA) is 14.1 Å². The van der Waals surface area contributed by atoms with E-state index in [9.17, 15) is 0 Å². The Hall–Kier alpha value is 0.500. The summed E-state index contributed by atoms with van der Waals surface area (Å²) >= 11 is 5.41. The molecule has 0 atom stereocenters. The first-order valence-electron chi connectivity index (χ1n) is 3.40. The third kappa shape index (κ3) is 8.41. The highest BCUT2D eigenvalue weighted by Gasteiger charge is 2.16. The maximum absolute atomic E-state index is 5.41. The maximum atomic E-state index is 5.41. The van der Waals surface area contributed by atoms with E-state index in [2.05, 4.69) is 26.0 Å². The van der Waals surface area contributed by atoms with Crippen LogP contribution in [0.4, 0.5) is 0 Å². The second-order valence-electron chi connectivity index (χ2n) is 4.35. The van der Waals surface area contributed by atoms with E-state index in [4.69, 9.17) is 11.8 Å². The molecule has 0 spiro atoms. The highest BCUT2D eigenvalue weighted by atomic mass is 35.5. The minimum atomic E-state index is -0.111. The molecule has 0 saturated heterocycles. The molecule has 0 bridgehead atoms. The minimum Gasteiger partial charge on any atom is -1.00 e. The Morgan fingerprint density at radius 3 is 1.73 bits per heavy atom. The molecule has 0 radical (unpaired) electrons. The molecule has 0 aliphatic carbocycles. The molecule has 0 unspecified atom stereocenters. The average molecular weight is 200 g/mol. The van der Waals surface area contributed by atoms with Crippen LogP contribution >= 0.6 is 11.8 Å². The quantitative estimate of drug-likeness (QED) is 0.519. The second-order valence-corrected chi connectivity index (χ2v) is 4.51. The predicted octanol–water partition coefficient (Wildman–Crippen LogP) is -0.997. The van der Waals surface area contributed by atoms with E-state index in [0.717, 1.165) is 11.0 Å². The Morgan fingerprint density at radius 2 is 1.64 bits per heavy atom. The molecule has 0 rings (SSSR count). The lowest BCUT2D eigenvalue weighted by Gasteiger charge is -2.41. The zero-order chi connectivity index (χ0) is 8.41. The van der Waals surface area contributed by atoms with Gasteiger partial charge >= 0.3 is 0 Å². The molecular weight excluding hydrogens is 183 g/mol. The number of hydrogen-bond donors (Lipinski definition) is 0. The Balaban J connectivity index is 0. The largest absolute Gasteiger partial charge is 1.00 e. The first-order valence-corrected chi connectivity index (χ1v) is 3.74. The van der Waals surface area contributed by atoms with Gasteiger partial charge in [-0.25, -0.2) is 0 Å². The van der Waals surface area contributed by atoms with E-state index in [-0.39, 0.29) is 17.9 Å². The number of rotatable bonds is 3. The Morgan fingerprint density at radius 1 is 1.27 bits per heavy atom. The van der Waals surface area contributed by atoms with Gasteiger partial charge in [0.1, 0.15) is 0 Å². The van der Waals surface area contributed by atoms with E-state index >= 15 is 0 Å². The van der Waals surface area contributed by atoms with Crippen LogP contribution in [0, 0.1) is 0 Å². The van der Waals surface area contributed by atoms with Crippen LogP contribution in [0.15, 0.2) is 0 Å². The highest BCUT2D eigenvalue weighted by molar-refractivity contribution is 6.25. The molecule has 2 nitrogen and oxygen atoms in total. The van der Waals surface area contributed by atoms with Crippen LogP contribution in [0.25, 0.3) is 4.84 Å². The van der Waals surface area contributed by atoms with Gasteiger partial charge in [0.05, 0.1) is 27.7 Å². The number of hydrogen-bond acceptors (Lipinski definition) is 0. The van der Waals surface area contributed by atoms with Crippen molar-refractivity contribution in [2.45, 2.75) is 19.4 Å². The van der Waals surface area contributed by atoms with Gasteiger partial charge < -0.3 is 21.7 Å². The summed E-state index contributed by atoms with van der Waals surface area (Å²) in [5.74, 6) is 0. The third-order valence-corrected chi connectivity index (χ3v) is 1.55. The number of halogens is 2. The lowest BCUT2D eigenvalue weighted by atomic mass is 10.1.